The van der Waals surface area contributed by atoms with E-state index in [9.17, 15) is 19.6 Å². The van der Waals surface area contributed by atoms with Crippen molar-refractivity contribution in [2.45, 2.75) is 13.5 Å². The highest BCUT2D eigenvalue weighted by Gasteiger charge is 2.10. The van der Waals surface area contributed by atoms with Crippen LogP contribution in [0.5, 0.6) is 5.75 Å². The Morgan fingerprint density at radius 1 is 0.886 bits per heavy atom. The molecule has 0 aromatic heterocycles. The summed E-state index contributed by atoms with van der Waals surface area (Å²) in [6, 6.07) is 22.4. The summed E-state index contributed by atoms with van der Waals surface area (Å²) in [5, 5.41) is 14.7. The highest BCUT2D eigenvalue weighted by molar-refractivity contribution is 6.09. The number of nitrogens with one attached hydrogen (secondary N) is 2. The molecule has 8 heteroatoms. The van der Waals surface area contributed by atoms with Gasteiger partial charge in [-0.05, 0) is 65.7 Å². The molecule has 0 atom stereocenters. The van der Waals surface area contributed by atoms with Crippen molar-refractivity contribution >= 4 is 35.2 Å². The number of rotatable bonds is 8. The molecule has 3 rings (SSSR count). The van der Waals surface area contributed by atoms with Gasteiger partial charge in [-0.2, -0.15) is 5.26 Å². The van der Waals surface area contributed by atoms with Crippen molar-refractivity contribution in [2.24, 2.45) is 0 Å². The summed E-state index contributed by atoms with van der Waals surface area (Å²) in [4.78, 5) is 35.1. The molecule has 3 aromatic rings. The minimum atomic E-state index is -0.546. The van der Waals surface area contributed by atoms with Crippen molar-refractivity contribution in [1.29, 1.82) is 5.26 Å². The molecule has 3 aromatic carbocycles. The van der Waals surface area contributed by atoms with Gasteiger partial charge >= 0.3 is 5.97 Å². The number of carbonyl (C=O) groups excluding carboxylic acids is 3. The molecule has 176 valence electrons. The van der Waals surface area contributed by atoms with Crippen LogP contribution in [0.1, 0.15) is 28.4 Å². The molecule has 35 heavy (non-hydrogen) atoms. The topological polar surface area (TPSA) is 118 Å². The quantitative estimate of drug-likeness (QED) is 0.284. The Balaban J connectivity index is 1.59. The first-order chi connectivity index (χ1) is 16.9. The zero-order valence-electron chi connectivity index (χ0n) is 19.2. The number of ether oxygens (including phenoxy) is 2. The Bertz CT molecular complexity index is 1270. The van der Waals surface area contributed by atoms with Gasteiger partial charge in [0.15, 0.2) is 0 Å². The number of nitriles is 1. The van der Waals surface area contributed by atoms with Crippen LogP contribution in [0.25, 0.3) is 6.08 Å². The molecule has 0 fully saturated rings. The number of carbonyl (C=O) groups is 3. The zero-order chi connectivity index (χ0) is 25.2. The van der Waals surface area contributed by atoms with E-state index in [1.165, 1.54) is 20.1 Å². The molecule has 0 saturated heterocycles. The Labute approximate surface area is 202 Å². The molecule has 8 nitrogen and oxygen atoms in total. The predicted octanol–water partition coefficient (Wildman–Crippen LogP) is 4.56. The third kappa shape index (κ3) is 7.30. The lowest BCUT2D eigenvalue weighted by molar-refractivity contribution is -0.114. The summed E-state index contributed by atoms with van der Waals surface area (Å²) >= 11 is 0. The van der Waals surface area contributed by atoms with Crippen LogP contribution in [0.2, 0.25) is 0 Å². The van der Waals surface area contributed by atoms with E-state index in [0.29, 0.717) is 34.9 Å². The van der Waals surface area contributed by atoms with Gasteiger partial charge in [0, 0.05) is 18.3 Å². The maximum Gasteiger partial charge on any atom is 0.337 e. The predicted molar refractivity (Wildman–Crippen MR) is 132 cm³/mol. The maximum atomic E-state index is 12.5. The number of hydrogen-bond donors (Lipinski definition) is 2. The molecular formula is C27H23N3O5. The van der Waals surface area contributed by atoms with E-state index in [0.717, 1.165) is 5.56 Å². The number of nitrogens with zero attached hydrogens (tertiary/aromatic N) is 1. The van der Waals surface area contributed by atoms with Crippen molar-refractivity contribution < 1.29 is 23.9 Å². The molecule has 0 unspecified atom stereocenters. The molecular weight excluding hydrogens is 446 g/mol. The van der Waals surface area contributed by atoms with Crippen LogP contribution in [0.15, 0.2) is 78.4 Å². The van der Waals surface area contributed by atoms with Crippen molar-refractivity contribution in [3.63, 3.8) is 0 Å². The summed E-state index contributed by atoms with van der Waals surface area (Å²) in [6.45, 7) is 1.72. The van der Waals surface area contributed by atoms with Gasteiger partial charge in [0.25, 0.3) is 5.91 Å². The third-order valence-electron chi connectivity index (χ3n) is 4.80. The van der Waals surface area contributed by atoms with E-state index in [1.54, 1.807) is 72.8 Å². The van der Waals surface area contributed by atoms with Crippen LogP contribution in [-0.4, -0.2) is 24.9 Å². The number of hydrogen-bond acceptors (Lipinski definition) is 6. The van der Waals surface area contributed by atoms with Gasteiger partial charge in [-0.3, -0.25) is 9.59 Å². The summed E-state index contributed by atoms with van der Waals surface area (Å²) < 4.78 is 10.4. The third-order valence-corrected chi connectivity index (χ3v) is 4.80. The van der Waals surface area contributed by atoms with E-state index in [-0.39, 0.29) is 11.5 Å². The Morgan fingerprint density at radius 2 is 1.49 bits per heavy atom. The highest BCUT2D eigenvalue weighted by atomic mass is 16.5. The van der Waals surface area contributed by atoms with E-state index in [4.69, 9.17) is 4.74 Å². The van der Waals surface area contributed by atoms with Gasteiger partial charge in [0.2, 0.25) is 5.91 Å². The second kappa shape index (κ2) is 11.8. The van der Waals surface area contributed by atoms with E-state index >= 15 is 0 Å². The van der Waals surface area contributed by atoms with E-state index in [2.05, 4.69) is 15.4 Å². The molecule has 0 aliphatic rings. The van der Waals surface area contributed by atoms with Gasteiger partial charge in [-0.1, -0.05) is 24.3 Å². The fourth-order valence-electron chi connectivity index (χ4n) is 3.04. The fraction of sp³-hybridized carbons (Fsp3) is 0.111. The van der Waals surface area contributed by atoms with Crippen LogP contribution >= 0.6 is 0 Å². The lowest BCUT2D eigenvalue weighted by atomic mass is 10.1. The molecule has 0 aliphatic heterocycles. The lowest BCUT2D eigenvalue weighted by Gasteiger charge is -2.08. The molecule has 2 N–H and O–H groups in total. The molecule has 0 bridgehead atoms. The molecule has 0 saturated carbocycles. The van der Waals surface area contributed by atoms with Gasteiger partial charge in [0.05, 0.1) is 12.7 Å². The van der Waals surface area contributed by atoms with E-state index < -0.39 is 11.9 Å². The Kier molecular flexibility index (Phi) is 8.35. The largest absolute Gasteiger partial charge is 0.489 e. The lowest BCUT2D eigenvalue weighted by Crippen LogP contribution is -2.13. The first-order valence-electron chi connectivity index (χ1n) is 10.6. The summed E-state index contributed by atoms with van der Waals surface area (Å²) in [5.41, 5.74) is 3.05. The number of amides is 2. The molecule has 0 heterocycles. The van der Waals surface area contributed by atoms with Crippen molar-refractivity contribution in [1.82, 2.24) is 0 Å². The minimum absolute atomic E-state index is 0.0599. The summed E-state index contributed by atoms with van der Waals surface area (Å²) in [5.74, 6) is -0.523. The molecule has 2 amide bonds. The Hall–Kier alpha value is -4.90. The van der Waals surface area contributed by atoms with Gasteiger partial charge in [0.1, 0.15) is 24.0 Å². The normalized spacial score (nSPS) is 10.6. The number of benzene rings is 3. The number of esters is 1. The fourth-order valence-corrected chi connectivity index (χ4v) is 3.04. The SMILES string of the molecule is COC(=O)c1ccc(COc2ccc(/C=C(\C#N)C(=O)Nc3ccc(NC(C)=O)cc3)cc2)cc1. The Morgan fingerprint density at radius 3 is 2.03 bits per heavy atom. The van der Waals surface area contributed by atoms with Crippen LogP contribution in [0.3, 0.4) is 0 Å². The second-order valence-corrected chi connectivity index (χ2v) is 7.43. The molecule has 0 radical (unpaired) electrons. The smallest absolute Gasteiger partial charge is 0.337 e. The van der Waals surface area contributed by atoms with Gasteiger partial charge < -0.3 is 20.1 Å². The van der Waals surface area contributed by atoms with E-state index in [1.807, 2.05) is 6.07 Å². The second-order valence-electron chi connectivity index (χ2n) is 7.43. The van der Waals surface area contributed by atoms with Crippen LogP contribution in [0, 0.1) is 11.3 Å². The first kappa shape index (κ1) is 24.7. The first-order valence-corrected chi connectivity index (χ1v) is 10.6. The minimum Gasteiger partial charge on any atom is -0.489 e. The van der Waals surface area contributed by atoms with Crippen molar-refractivity contribution in [3.05, 3.63) is 95.1 Å². The van der Waals surface area contributed by atoms with Crippen LogP contribution < -0.4 is 15.4 Å². The van der Waals surface area contributed by atoms with Crippen LogP contribution in [-0.2, 0) is 20.9 Å². The van der Waals surface area contributed by atoms with Crippen LogP contribution in [0.4, 0.5) is 11.4 Å². The average molecular weight is 469 g/mol. The van der Waals surface area contributed by atoms with Crippen molar-refractivity contribution in [3.8, 4) is 11.8 Å². The van der Waals surface area contributed by atoms with Gasteiger partial charge in [-0.25, -0.2) is 4.79 Å². The summed E-state index contributed by atoms with van der Waals surface area (Å²) in [7, 11) is 1.33. The zero-order valence-corrected chi connectivity index (χ0v) is 19.2. The highest BCUT2D eigenvalue weighted by Crippen LogP contribution is 2.18. The van der Waals surface area contributed by atoms with Gasteiger partial charge in [-0.15, -0.1) is 0 Å². The monoisotopic (exact) mass is 469 g/mol. The maximum absolute atomic E-state index is 12.5. The number of anilines is 2. The summed E-state index contributed by atoms with van der Waals surface area (Å²) in [6.07, 6.45) is 1.48. The molecule has 0 aliphatic carbocycles. The molecule has 0 spiro atoms. The standard InChI is InChI=1S/C27H23N3O5/c1-18(31)29-23-9-11-24(12-10-23)30-26(32)22(16-28)15-19-5-13-25(14-6-19)35-17-20-3-7-21(8-4-20)27(33)34-2/h3-15H,17H2,1-2H3,(H,29,31)(H,30,32)/b22-15+. The van der Waals surface area contributed by atoms with Crippen molar-refractivity contribution in [2.75, 3.05) is 17.7 Å². The number of methoxy groups -OCH3 is 1. The average Bonchev–Trinajstić information content (AvgIpc) is 2.87.